The summed E-state index contributed by atoms with van der Waals surface area (Å²) in [4.78, 5) is 12.4. The van der Waals surface area contributed by atoms with Gasteiger partial charge < -0.3 is 5.32 Å². The summed E-state index contributed by atoms with van der Waals surface area (Å²) in [6.45, 7) is 2.39. The van der Waals surface area contributed by atoms with Crippen molar-refractivity contribution in [3.8, 4) is 0 Å². The molecular formula is C21H22F3N3O. The van der Waals surface area contributed by atoms with Crippen LogP contribution in [0.3, 0.4) is 0 Å². The van der Waals surface area contributed by atoms with Crippen molar-refractivity contribution in [1.82, 2.24) is 9.78 Å². The summed E-state index contributed by atoms with van der Waals surface area (Å²) in [6, 6.07) is 13.1. The van der Waals surface area contributed by atoms with Crippen LogP contribution in [-0.2, 0) is 23.9 Å². The van der Waals surface area contributed by atoms with Crippen LogP contribution in [0.15, 0.2) is 48.5 Å². The van der Waals surface area contributed by atoms with Crippen molar-refractivity contribution in [3.63, 3.8) is 0 Å². The summed E-state index contributed by atoms with van der Waals surface area (Å²) in [5.41, 5.74) is 0.0985. The average Bonchev–Trinajstić information content (AvgIpc) is 2.99. The molecule has 0 radical (unpaired) electrons. The molecule has 148 valence electrons. The molecule has 0 atom stereocenters. The van der Waals surface area contributed by atoms with Crippen LogP contribution in [0.25, 0.3) is 10.9 Å². The van der Waals surface area contributed by atoms with E-state index in [0.29, 0.717) is 11.9 Å². The third-order valence-corrected chi connectivity index (χ3v) is 4.51. The zero-order valence-electron chi connectivity index (χ0n) is 15.6. The first kappa shape index (κ1) is 19.9. The van der Waals surface area contributed by atoms with E-state index in [4.69, 9.17) is 0 Å². The van der Waals surface area contributed by atoms with Gasteiger partial charge in [-0.3, -0.25) is 9.48 Å². The van der Waals surface area contributed by atoms with Gasteiger partial charge in [0.05, 0.1) is 17.5 Å². The first-order valence-corrected chi connectivity index (χ1v) is 9.30. The lowest BCUT2D eigenvalue weighted by molar-refractivity contribution is -0.136. The highest BCUT2D eigenvalue weighted by atomic mass is 19.4. The summed E-state index contributed by atoms with van der Waals surface area (Å²) in [5.74, 6) is -0.151. The molecule has 0 aliphatic heterocycles. The average molecular weight is 389 g/mol. The fourth-order valence-electron chi connectivity index (χ4n) is 3.19. The predicted molar refractivity (Wildman–Crippen MR) is 103 cm³/mol. The number of nitrogens with one attached hydrogen (secondary N) is 1. The topological polar surface area (TPSA) is 46.9 Å². The van der Waals surface area contributed by atoms with Gasteiger partial charge >= 0.3 is 6.18 Å². The number of aryl methyl sites for hydroxylation is 1. The van der Waals surface area contributed by atoms with Crippen LogP contribution in [0.2, 0.25) is 0 Å². The lowest BCUT2D eigenvalue weighted by atomic mass is 10.1. The van der Waals surface area contributed by atoms with Gasteiger partial charge in [0.2, 0.25) is 5.91 Å². The van der Waals surface area contributed by atoms with Crippen LogP contribution in [0.5, 0.6) is 0 Å². The number of unbranched alkanes of at least 4 members (excludes halogenated alkanes) is 2. The Labute approximate surface area is 161 Å². The number of fused-ring (bicyclic) bond motifs is 1. The van der Waals surface area contributed by atoms with Crippen LogP contribution in [0.4, 0.5) is 19.0 Å². The standard InChI is InChI=1S/C21H22F3N3O/c1-2-3-7-13-27-19-16(11-8-12-17(19)21(22,23)24)20(26-27)25-18(28)14-15-9-5-4-6-10-15/h4-6,8-12H,2-3,7,13-14H2,1H3,(H,25,26,28). The minimum Gasteiger partial charge on any atom is -0.308 e. The molecule has 1 heterocycles. The molecule has 0 fully saturated rings. The maximum atomic E-state index is 13.5. The quantitative estimate of drug-likeness (QED) is 0.548. The fraction of sp³-hybridized carbons (Fsp3) is 0.333. The SMILES string of the molecule is CCCCCn1nc(NC(=O)Cc2ccccc2)c2cccc(C(F)(F)F)c21. The lowest BCUT2D eigenvalue weighted by Crippen LogP contribution is -2.15. The summed E-state index contributed by atoms with van der Waals surface area (Å²) in [6.07, 6.45) is -1.80. The van der Waals surface area contributed by atoms with Gasteiger partial charge in [0.15, 0.2) is 5.82 Å². The molecule has 0 bridgehead atoms. The number of benzene rings is 2. The molecule has 28 heavy (non-hydrogen) atoms. The second kappa shape index (κ2) is 8.46. The highest BCUT2D eigenvalue weighted by Gasteiger charge is 2.34. The number of nitrogens with zero attached hydrogens (tertiary/aromatic N) is 2. The van der Waals surface area contributed by atoms with Gasteiger partial charge in [-0.1, -0.05) is 56.2 Å². The van der Waals surface area contributed by atoms with Crippen molar-refractivity contribution in [2.45, 2.75) is 45.3 Å². The molecule has 0 saturated heterocycles. The van der Waals surface area contributed by atoms with Crippen LogP contribution >= 0.6 is 0 Å². The maximum absolute atomic E-state index is 13.5. The first-order valence-electron chi connectivity index (χ1n) is 9.30. The van der Waals surface area contributed by atoms with Gasteiger partial charge in [0, 0.05) is 11.9 Å². The molecule has 7 heteroatoms. The maximum Gasteiger partial charge on any atom is 0.418 e. The van der Waals surface area contributed by atoms with Gasteiger partial charge in [0.25, 0.3) is 0 Å². The zero-order valence-corrected chi connectivity index (χ0v) is 15.6. The molecule has 1 aromatic heterocycles. The Morgan fingerprint density at radius 1 is 1.07 bits per heavy atom. The van der Waals surface area contributed by atoms with Crippen molar-refractivity contribution in [3.05, 3.63) is 59.7 Å². The van der Waals surface area contributed by atoms with Gasteiger partial charge in [-0.25, -0.2) is 0 Å². The number of amides is 1. The Balaban J connectivity index is 1.94. The second-order valence-corrected chi connectivity index (χ2v) is 6.69. The predicted octanol–water partition coefficient (Wildman–Crippen LogP) is 5.43. The van der Waals surface area contributed by atoms with E-state index in [2.05, 4.69) is 10.4 Å². The largest absolute Gasteiger partial charge is 0.418 e. The number of alkyl halides is 3. The van der Waals surface area contributed by atoms with Gasteiger partial charge in [-0.15, -0.1) is 0 Å². The van der Waals surface area contributed by atoms with Gasteiger partial charge in [0.1, 0.15) is 0 Å². The molecule has 0 unspecified atom stereocenters. The van der Waals surface area contributed by atoms with Crippen LogP contribution in [0, 0.1) is 0 Å². The van der Waals surface area contributed by atoms with Crippen LogP contribution < -0.4 is 5.32 Å². The van der Waals surface area contributed by atoms with Crippen molar-refractivity contribution in [2.24, 2.45) is 0 Å². The molecule has 3 rings (SSSR count). The van der Waals surface area contributed by atoms with Crippen LogP contribution in [0.1, 0.15) is 37.3 Å². The smallest absolute Gasteiger partial charge is 0.308 e. The van der Waals surface area contributed by atoms with E-state index in [9.17, 15) is 18.0 Å². The van der Waals surface area contributed by atoms with Gasteiger partial charge in [-0.05, 0) is 24.1 Å². The van der Waals surface area contributed by atoms with E-state index >= 15 is 0 Å². The molecule has 0 aliphatic rings. The van der Waals surface area contributed by atoms with E-state index in [-0.39, 0.29) is 23.7 Å². The number of rotatable bonds is 7. The first-order chi connectivity index (χ1) is 13.4. The summed E-state index contributed by atoms with van der Waals surface area (Å²) in [7, 11) is 0. The second-order valence-electron chi connectivity index (χ2n) is 6.69. The molecule has 0 aliphatic carbocycles. The Morgan fingerprint density at radius 2 is 1.82 bits per heavy atom. The van der Waals surface area contributed by atoms with E-state index in [1.807, 2.05) is 37.3 Å². The third-order valence-electron chi connectivity index (χ3n) is 4.51. The van der Waals surface area contributed by atoms with E-state index in [1.54, 1.807) is 6.07 Å². The number of aromatic nitrogens is 2. The summed E-state index contributed by atoms with van der Waals surface area (Å²) < 4.78 is 41.9. The number of hydrogen-bond donors (Lipinski definition) is 1. The molecule has 2 aromatic carbocycles. The molecule has 3 aromatic rings. The number of hydrogen-bond acceptors (Lipinski definition) is 2. The Bertz CT molecular complexity index is 949. The number of para-hydroxylation sites is 1. The molecule has 4 nitrogen and oxygen atoms in total. The minimum atomic E-state index is -4.49. The van der Waals surface area contributed by atoms with Crippen molar-refractivity contribution in [1.29, 1.82) is 0 Å². The minimum absolute atomic E-state index is 0.0149. The molecule has 1 amide bonds. The van der Waals surface area contributed by atoms with Crippen LogP contribution in [-0.4, -0.2) is 15.7 Å². The molecule has 1 N–H and O–H groups in total. The van der Waals surface area contributed by atoms with E-state index in [0.717, 1.165) is 30.9 Å². The molecule has 0 saturated carbocycles. The number of carbonyl (C=O) groups is 1. The van der Waals surface area contributed by atoms with Crippen molar-refractivity contribution in [2.75, 3.05) is 5.32 Å². The summed E-state index contributed by atoms with van der Waals surface area (Å²) >= 11 is 0. The highest BCUT2D eigenvalue weighted by molar-refractivity contribution is 6.01. The Hall–Kier alpha value is -2.83. The molecular weight excluding hydrogens is 367 g/mol. The monoisotopic (exact) mass is 389 g/mol. The number of halogens is 3. The van der Waals surface area contributed by atoms with Crippen molar-refractivity contribution < 1.29 is 18.0 Å². The summed E-state index contributed by atoms with van der Waals surface area (Å²) in [5, 5.41) is 7.29. The zero-order chi connectivity index (χ0) is 20.1. The lowest BCUT2D eigenvalue weighted by Gasteiger charge is -2.10. The normalized spacial score (nSPS) is 11.7. The van der Waals surface area contributed by atoms with Crippen molar-refractivity contribution >= 4 is 22.6 Å². The van der Waals surface area contributed by atoms with Gasteiger partial charge in [-0.2, -0.15) is 18.3 Å². The molecule has 0 spiro atoms. The Kier molecular flexibility index (Phi) is 6.02. The third kappa shape index (κ3) is 4.52. The van der Waals surface area contributed by atoms with E-state index < -0.39 is 11.7 Å². The van der Waals surface area contributed by atoms with E-state index in [1.165, 1.54) is 10.7 Å². The number of carbonyl (C=O) groups excluding carboxylic acids is 1. The fourth-order valence-corrected chi connectivity index (χ4v) is 3.19. The number of anilines is 1. The Morgan fingerprint density at radius 3 is 2.50 bits per heavy atom. The highest BCUT2D eigenvalue weighted by Crippen LogP contribution is 2.37.